The fourth-order valence-electron chi connectivity index (χ4n) is 2.14. The summed E-state index contributed by atoms with van der Waals surface area (Å²) in [5.41, 5.74) is 1.34. The van der Waals surface area contributed by atoms with Crippen LogP contribution in [0.3, 0.4) is 0 Å². The van der Waals surface area contributed by atoms with Crippen LogP contribution in [0.2, 0.25) is 0 Å². The number of methoxy groups -OCH3 is 1. The number of ether oxygens (including phenoxy) is 1. The van der Waals surface area contributed by atoms with Gasteiger partial charge in [-0.1, -0.05) is 0 Å². The minimum absolute atomic E-state index is 0.0819. The van der Waals surface area contributed by atoms with Crippen molar-refractivity contribution in [3.8, 4) is 0 Å². The van der Waals surface area contributed by atoms with Gasteiger partial charge in [0, 0.05) is 32.1 Å². The Hall–Kier alpha value is -2.12. The third-order valence-corrected chi connectivity index (χ3v) is 3.38. The highest BCUT2D eigenvalue weighted by Gasteiger charge is 2.29. The van der Waals surface area contributed by atoms with E-state index in [9.17, 15) is 9.59 Å². The predicted molar refractivity (Wildman–Crippen MR) is 80.4 cm³/mol. The van der Waals surface area contributed by atoms with Gasteiger partial charge in [-0.3, -0.25) is 4.79 Å². The lowest BCUT2D eigenvalue weighted by Gasteiger charge is -2.12. The largest absolute Gasteiger partial charge is 0.380 e. The lowest BCUT2D eigenvalue weighted by molar-refractivity contribution is -0.118. The van der Waals surface area contributed by atoms with Crippen LogP contribution in [0.1, 0.15) is 6.42 Å². The van der Waals surface area contributed by atoms with E-state index in [1.165, 1.54) is 0 Å². The molecule has 0 aromatic heterocycles. The van der Waals surface area contributed by atoms with Crippen molar-refractivity contribution < 1.29 is 14.3 Å². The van der Waals surface area contributed by atoms with E-state index in [2.05, 4.69) is 21.3 Å². The van der Waals surface area contributed by atoms with Crippen LogP contribution in [0.15, 0.2) is 24.3 Å². The second-order valence-electron chi connectivity index (χ2n) is 4.82. The first-order valence-electron chi connectivity index (χ1n) is 6.78. The first kappa shape index (κ1) is 15.3. The Bertz CT molecular complexity index is 503. The number of carbonyl (C=O) groups is 2. The number of rotatable bonds is 4. The summed E-state index contributed by atoms with van der Waals surface area (Å²) >= 11 is 0. The molecule has 0 spiro atoms. The Morgan fingerprint density at radius 3 is 2.33 bits per heavy atom. The summed E-state index contributed by atoms with van der Waals surface area (Å²) in [6.07, 6.45) is 0.749. The number of urea groups is 1. The summed E-state index contributed by atoms with van der Waals surface area (Å²) < 4.78 is 5.22. The SMILES string of the molecule is CNC(=O)Nc1ccc(NC(=O)C2CC(OC)CN2)cc1. The van der Waals surface area contributed by atoms with Crippen molar-refractivity contribution in [1.29, 1.82) is 0 Å². The molecule has 7 nitrogen and oxygen atoms in total. The highest BCUT2D eigenvalue weighted by molar-refractivity contribution is 5.95. The molecule has 0 saturated carbocycles. The molecular weight excluding hydrogens is 272 g/mol. The predicted octanol–water partition coefficient (Wildman–Crippen LogP) is 0.753. The van der Waals surface area contributed by atoms with Crippen molar-refractivity contribution in [3.05, 3.63) is 24.3 Å². The van der Waals surface area contributed by atoms with Crippen molar-refractivity contribution in [2.24, 2.45) is 0 Å². The maximum absolute atomic E-state index is 12.1. The van der Waals surface area contributed by atoms with Crippen LogP contribution in [0, 0.1) is 0 Å². The Balaban J connectivity index is 1.88. The van der Waals surface area contributed by atoms with Crippen molar-refractivity contribution in [1.82, 2.24) is 10.6 Å². The summed E-state index contributed by atoms with van der Waals surface area (Å²) in [7, 11) is 3.19. The zero-order chi connectivity index (χ0) is 15.2. The molecule has 1 aromatic carbocycles. The van der Waals surface area contributed by atoms with Crippen LogP contribution in [0.4, 0.5) is 16.2 Å². The average molecular weight is 292 g/mol. The second-order valence-corrected chi connectivity index (χ2v) is 4.82. The van der Waals surface area contributed by atoms with Crippen molar-refractivity contribution in [2.45, 2.75) is 18.6 Å². The van der Waals surface area contributed by atoms with Gasteiger partial charge in [0.25, 0.3) is 0 Å². The minimum atomic E-state index is -0.285. The van der Waals surface area contributed by atoms with Crippen molar-refractivity contribution >= 4 is 23.3 Å². The maximum atomic E-state index is 12.1. The van der Waals surface area contributed by atoms with E-state index in [-0.39, 0.29) is 24.1 Å². The topological polar surface area (TPSA) is 91.5 Å². The average Bonchev–Trinajstić information content (AvgIpc) is 2.98. The van der Waals surface area contributed by atoms with Crippen LogP contribution < -0.4 is 21.3 Å². The number of anilines is 2. The smallest absolute Gasteiger partial charge is 0.318 e. The molecule has 3 amide bonds. The molecule has 114 valence electrons. The fraction of sp³-hybridized carbons (Fsp3) is 0.429. The maximum Gasteiger partial charge on any atom is 0.318 e. The highest BCUT2D eigenvalue weighted by Crippen LogP contribution is 2.16. The molecule has 1 fully saturated rings. The molecule has 2 unspecified atom stereocenters. The number of amides is 3. The van der Waals surface area contributed by atoms with E-state index < -0.39 is 0 Å². The molecule has 1 saturated heterocycles. The van der Waals surface area contributed by atoms with E-state index in [1.807, 2.05) is 0 Å². The van der Waals surface area contributed by atoms with Crippen molar-refractivity contribution in [3.63, 3.8) is 0 Å². The van der Waals surface area contributed by atoms with Gasteiger partial charge in [-0.25, -0.2) is 4.79 Å². The fourth-order valence-corrected chi connectivity index (χ4v) is 2.14. The molecule has 1 aliphatic heterocycles. The van der Waals surface area contributed by atoms with Crippen molar-refractivity contribution in [2.75, 3.05) is 31.3 Å². The van der Waals surface area contributed by atoms with Gasteiger partial charge < -0.3 is 26.0 Å². The van der Waals surface area contributed by atoms with Gasteiger partial charge in [0.1, 0.15) is 0 Å². The molecule has 0 radical (unpaired) electrons. The number of carbonyl (C=O) groups excluding carboxylic acids is 2. The molecule has 21 heavy (non-hydrogen) atoms. The molecule has 1 heterocycles. The van der Waals surface area contributed by atoms with Gasteiger partial charge in [-0.2, -0.15) is 0 Å². The van der Waals surface area contributed by atoms with Crippen LogP contribution in [-0.2, 0) is 9.53 Å². The van der Waals surface area contributed by atoms with Gasteiger partial charge in [-0.15, -0.1) is 0 Å². The van der Waals surface area contributed by atoms with E-state index >= 15 is 0 Å². The summed E-state index contributed by atoms with van der Waals surface area (Å²) in [6, 6.07) is 6.42. The van der Waals surface area contributed by atoms with Gasteiger partial charge in [0.05, 0.1) is 12.1 Å². The van der Waals surface area contributed by atoms with E-state index in [4.69, 9.17) is 4.74 Å². The molecule has 4 N–H and O–H groups in total. The minimum Gasteiger partial charge on any atom is -0.380 e. The Kier molecular flexibility index (Phi) is 5.13. The second kappa shape index (κ2) is 7.05. The van der Waals surface area contributed by atoms with Crippen LogP contribution >= 0.6 is 0 Å². The van der Waals surface area contributed by atoms with Crippen LogP contribution in [0.5, 0.6) is 0 Å². The molecule has 1 aromatic rings. The molecule has 7 heteroatoms. The lowest BCUT2D eigenvalue weighted by atomic mass is 10.2. The molecular formula is C14H20N4O3. The molecule has 2 atom stereocenters. The number of hydrogen-bond acceptors (Lipinski definition) is 4. The van der Waals surface area contributed by atoms with Crippen LogP contribution in [0.25, 0.3) is 0 Å². The summed E-state index contributed by atoms with van der Waals surface area (Å²) in [5, 5.41) is 11.1. The summed E-state index contributed by atoms with van der Waals surface area (Å²) in [4.78, 5) is 23.2. The lowest BCUT2D eigenvalue weighted by Crippen LogP contribution is -2.35. The Morgan fingerprint density at radius 2 is 1.81 bits per heavy atom. The van der Waals surface area contributed by atoms with Gasteiger partial charge >= 0.3 is 6.03 Å². The zero-order valence-corrected chi connectivity index (χ0v) is 12.1. The third-order valence-electron chi connectivity index (χ3n) is 3.38. The van der Waals surface area contributed by atoms with Crippen LogP contribution in [-0.4, -0.2) is 44.8 Å². The third kappa shape index (κ3) is 4.17. The quantitative estimate of drug-likeness (QED) is 0.659. The Labute approximate surface area is 123 Å². The zero-order valence-electron chi connectivity index (χ0n) is 12.1. The normalized spacial score (nSPS) is 20.9. The highest BCUT2D eigenvalue weighted by atomic mass is 16.5. The summed E-state index contributed by atoms with van der Waals surface area (Å²) in [5.74, 6) is -0.0819. The summed E-state index contributed by atoms with van der Waals surface area (Å²) in [6.45, 7) is 0.684. The van der Waals surface area contributed by atoms with Gasteiger partial charge in [0.2, 0.25) is 5.91 Å². The molecule has 2 rings (SSSR count). The van der Waals surface area contributed by atoms with E-state index in [0.29, 0.717) is 24.3 Å². The molecule has 0 aliphatic carbocycles. The number of benzene rings is 1. The van der Waals surface area contributed by atoms with Gasteiger partial charge in [0.15, 0.2) is 0 Å². The number of nitrogens with one attached hydrogen (secondary N) is 4. The standard InChI is InChI=1S/C14H20N4O3/c1-15-14(20)18-10-5-3-9(4-6-10)17-13(19)12-7-11(21-2)8-16-12/h3-6,11-12,16H,7-8H2,1-2H3,(H,17,19)(H2,15,18,20). The molecule has 0 bridgehead atoms. The van der Waals surface area contributed by atoms with Gasteiger partial charge in [-0.05, 0) is 30.7 Å². The first-order valence-corrected chi connectivity index (χ1v) is 6.78. The first-order chi connectivity index (χ1) is 10.1. The van der Waals surface area contributed by atoms with E-state index in [1.54, 1.807) is 38.4 Å². The molecule has 1 aliphatic rings. The monoisotopic (exact) mass is 292 g/mol. The van der Waals surface area contributed by atoms with E-state index in [0.717, 1.165) is 0 Å². The Morgan fingerprint density at radius 1 is 1.19 bits per heavy atom. The number of hydrogen-bond donors (Lipinski definition) is 4.